The van der Waals surface area contributed by atoms with Crippen LogP contribution in [0.4, 0.5) is 0 Å². The highest BCUT2D eigenvalue weighted by atomic mass is 16.5. The van der Waals surface area contributed by atoms with Gasteiger partial charge in [-0.3, -0.25) is 14.6 Å². The molecular formula is C33H29N3O5. The Morgan fingerprint density at radius 2 is 1.88 bits per heavy atom. The summed E-state index contributed by atoms with van der Waals surface area (Å²) in [6.07, 6.45) is 5.61. The highest BCUT2D eigenvalue weighted by Crippen LogP contribution is 2.38. The molecule has 1 unspecified atom stereocenters. The standard InChI is InChI=1S/C33H29N3O5/c1-22-4-2-5-25(18-22)31-28-19-26(8-7-24(28)13-16-36(31)33(38)30-6-3-17-39-30)40-21-27-9-10-29(41-27)32(37)35-20-23-11-14-34-15-12-23/h2-12,14-15,17-19,31H,13,16,20-21H2,1H3,(H,35,37). The van der Waals surface area contributed by atoms with Crippen LogP contribution in [0.1, 0.15) is 60.7 Å². The van der Waals surface area contributed by atoms with Crippen molar-refractivity contribution in [2.75, 3.05) is 6.54 Å². The van der Waals surface area contributed by atoms with Crippen LogP contribution in [-0.2, 0) is 19.6 Å². The van der Waals surface area contributed by atoms with E-state index in [1.165, 1.54) is 11.8 Å². The Bertz CT molecular complexity index is 1660. The number of furan rings is 2. The number of aromatic nitrogens is 1. The first kappa shape index (κ1) is 26.1. The van der Waals surface area contributed by atoms with Gasteiger partial charge in [-0.15, -0.1) is 0 Å². The zero-order valence-corrected chi connectivity index (χ0v) is 22.6. The highest BCUT2D eigenvalue weighted by molar-refractivity contribution is 5.92. The third-order valence-corrected chi connectivity index (χ3v) is 7.17. The summed E-state index contributed by atoms with van der Waals surface area (Å²) in [5.74, 6) is 1.26. The second-order valence-electron chi connectivity index (χ2n) is 10.00. The predicted molar refractivity (Wildman–Crippen MR) is 151 cm³/mol. The van der Waals surface area contributed by atoms with Crippen LogP contribution in [0.5, 0.6) is 5.75 Å². The minimum Gasteiger partial charge on any atom is -0.486 e. The second-order valence-corrected chi connectivity index (χ2v) is 10.00. The van der Waals surface area contributed by atoms with Gasteiger partial charge in [0.2, 0.25) is 0 Å². The number of rotatable bonds is 8. The lowest BCUT2D eigenvalue weighted by atomic mass is 9.87. The second kappa shape index (κ2) is 11.6. The smallest absolute Gasteiger partial charge is 0.290 e. The van der Waals surface area contributed by atoms with Crippen LogP contribution < -0.4 is 10.1 Å². The van der Waals surface area contributed by atoms with Crippen molar-refractivity contribution in [3.63, 3.8) is 0 Å². The molecule has 4 heterocycles. The summed E-state index contributed by atoms with van der Waals surface area (Å²) in [5, 5.41) is 2.84. The molecule has 1 aliphatic heterocycles. The summed E-state index contributed by atoms with van der Waals surface area (Å²) >= 11 is 0. The summed E-state index contributed by atoms with van der Waals surface area (Å²) in [6.45, 7) is 3.15. The summed E-state index contributed by atoms with van der Waals surface area (Å²) < 4.78 is 17.3. The number of nitrogens with one attached hydrogen (secondary N) is 1. The molecule has 0 bridgehead atoms. The molecule has 0 spiro atoms. The lowest BCUT2D eigenvalue weighted by Crippen LogP contribution is -2.40. The van der Waals surface area contributed by atoms with E-state index in [0.29, 0.717) is 30.4 Å². The van der Waals surface area contributed by atoms with Gasteiger partial charge in [0, 0.05) is 25.5 Å². The van der Waals surface area contributed by atoms with E-state index < -0.39 is 0 Å². The molecule has 5 aromatic rings. The van der Waals surface area contributed by atoms with E-state index in [1.54, 1.807) is 36.7 Å². The van der Waals surface area contributed by atoms with E-state index >= 15 is 0 Å². The van der Waals surface area contributed by atoms with Gasteiger partial charge in [0.1, 0.15) is 18.1 Å². The van der Waals surface area contributed by atoms with Crippen molar-refractivity contribution >= 4 is 11.8 Å². The van der Waals surface area contributed by atoms with Gasteiger partial charge < -0.3 is 23.8 Å². The van der Waals surface area contributed by atoms with Crippen LogP contribution in [0, 0.1) is 6.92 Å². The number of carbonyl (C=O) groups is 2. The molecule has 0 saturated heterocycles. The fraction of sp³-hybridized carbons (Fsp3) is 0.182. The average Bonchev–Trinajstić information content (AvgIpc) is 3.71. The molecular weight excluding hydrogens is 518 g/mol. The molecule has 2 aromatic carbocycles. The Morgan fingerprint density at radius 1 is 1.00 bits per heavy atom. The average molecular weight is 548 g/mol. The summed E-state index contributed by atoms with van der Waals surface area (Å²) in [7, 11) is 0. The van der Waals surface area contributed by atoms with Gasteiger partial charge in [-0.1, -0.05) is 35.9 Å². The number of hydrogen-bond acceptors (Lipinski definition) is 6. The molecule has 1 atom stereocenters. The molecule has 0 fully saturated rings. The van der Waals surface area contributed by atoms with E-state index in [-0.39, 0.29) is 30.2 Å². The SMILES string of the molecule is Cc1cccc(C2c3cc(OCc4ccc(C(=O)NCc5ccncc5)o4)ccc3CCN2C(=O)c2ccco2)c1. The van der Waals surface area contributed by atoms with Crippen molar-refractivity contribution in [1.29, 1.82) is 0 Å². The van der Waals surface area contributed by atoms with Gasteiger partial charge in [0.05, 0.1) is 12.3 Å². The number of nitrogens with zero attached hydrogens (tertiary/aromatic N) is 2. The van der Waals surface area contributed by atoms with Crippen molar-refractivity contribution in [2.24, 2.45) is 0 Å². The van der Waals surface area contributed by atoms with Crippen LogP contribution in [0.3, 0.4) is 0 Å². The fourth-order valence-electron chi connectivity index (χ4n) is 5.15. The molecule has 206 valence electrons. The van der Waals surface area contributed by atoms with Gasteiger partial charge in [-0.2, -0.15) is 0 Å². The Balaban J connectivity index is 1.19. The zero-order valence-electron chi connectivity index (χ0n) is 22.6. The van der Waals surface area contributed by atoms with Gasteiger partial charge in [0.25, 0.3) is 11.8 Å². The van der Waals surface area contributed by atoms with E-state index in [2.05, 4.69) is 22.4 Å². The molecule has 0 aliphatic carbocycles. The number of fused-ring (bicyclic) bond motifs is 1. The minimum atomic E-state index is -0.302. The number of hydrogen-bond donors (Lipinski definition) is 1. The maximum atomic E-state index is 13.5. The lowest BCUT2D eigenvalue weighted by Gasteiger charge is -2.37. The van der Waals surface area contributed by atoms with Crippen LogP contribution in [0.25, 0.3) is 0 Å². The van der Waals surface area contributed by atoms with E-state index in [4.69, 9.17) is 13.6 Å². The first-order chi connectivity index (χ1) is 20.0. The van der Waals surface area contributed by atoms with Crippen LogP contribution in [0.2, 0.25) is 0 Å². The number of carbonyl (C=O) groups excluding carboxylic acids is 2. The molecule has 1 aliphatic rings. The van der Waals surface area contributed by atoms with Crippen LogP contribution in [-0.4, -0.2) is 28.2 Å². The number of ether oxygens (including phenoxy) is 1. The van der Waals surface area contributed by atoms with Gasteiger partial charge in [-0.05, 0) is 84.1 Å². The van der Waals surface area contributed by atoms with E-state index in [1.807, 2.05) is 54.3 Å². The number of pyridine rings is 1. The van der Waals surface area contributed by atoms with Crippen molar-refractivity contribution < 1.29 is 23.2 Å². The molecule has 2 amide bonds. The van der Waals surface area contributed by atoms with Gasteiger partial charge in [-0.25, -0.2) is 0 Å². The quantitative estimate of drug-likeness (QED) is 0.261. The lowest BCUT2D eigenvalue weighted by molar-refractivity contribution is 0.0661. The first-order valence-corrected chi connectivity index (χ1v) is 13.5. The topological polar surface area (TPSA) is 97.8 Å². The van der Waals surface area contributed by atoms with Gasteiger partial charge in [0.15, 0.2) is 11.5 Å². The first-order valence-electron chi connectivity index (χ1n) is 13.5. The molecule has 0 saturated carbocycles. The minimum absolute atomic E-state index is 0.149. The van der Waals surface area contributed by atoms with Crippen LogP contribution in [0.15, 0.2) is 106 Å². The third kappa shape index (κ3) is 5.77. The maximum Gasteiger partial charge on any atom is 0.290 e. The Morgan fingerprint density at radius 3 is 2.68 bits per heavy atom. The van der Waals surface area contributed by atoms with E-state index in [0.717, 1.165) is 28.7 Å². The van der Waals surface area contributed by atoms with Gasteiger partial charge >= 0.3 is 0 Å². The predicted octanol–water partition coefficient (Wildman–Crippen LogP) is 5.87. The molecule has 1 N–H and O–H groups in total. The van der Waals surface area contributed by atoms with E-state index in [9.17, 15) is 9.59 Å². The molecule has 41 heavy (non-hydrogen) atoms. The Labute approximate surface area is 237 Å². The monoisotopic (exact) mass is 547 g/mol. The van der Waals surface area contributed by atoms with Crippen molar-refractivity contribution in [1.82, 2.24) is 15.2 Å². The molecule has 0 radical (unpaired) electrons. The number of amides is 2. The Hall–Kier alpha value is -5.11. The number of aryl methyl sites for hydroxylation is 1. The third-order valence-electron chi connectivity index (χ3n) is 7.17. The summed E-state index contributed by atoms with van der Waals surface area (Å²) in [5.41, 5.74) is 5.26. The molecule has 8 nitrogen and oxygen atoms in total. The molecule has 6 rings (SSSR count). The summed E-state index contributed by atoms with van der Waals surface area (Å²) in [4.78, 5) is 31.9. The maximum absolute atomic E-state index is 13.5. The van der Waals surface area contributed by atoms with Crippen molar-refractivity contribution in [3.8, 4) is 5.75 Å². The highest BCUT2D eigenvalue weighted by Gasteiger charge is 2.34. The largest absolute Gasteiger partial charge is 0.486 e. The normalized spacial score (nSPS) is 14.4. The molecule has 3 aromatic heterocycles. The molecule has 8 heteroatoms. The van der Waals surface area contributed by atoms with Crippen LogP contribution >= 0.6 is 0 Å². The van der Waals surface area contributed by atoms with Crippen molar-refractivity contribution in [3.05, 3.63) is 143 Å². The number of benzene rings is 2. The summed E-state index contributed by atoms with van der Waals surface area (Å²) in [6, 6.07) is 24.4. The fourth-order valence-corrected chi connectivity index (χ4v) is 5.15. The Kier molecular flexibility index (Phi) is 7.36. The van der Waals surface area contributed by atoms with Crippen molar-refractivity contribution in [2.45, 2.75) is 32.5 Å². The zero-order chi connectivity index (χ0) is 28.2.